The van der Waals surface area contributed by atoms with Gasteiger partial charge in [0.25, 0.3) is 0 Å². The largest absolute Gasteiger partial charge is 0.335 e. The molecule has 1 amide bonds. The zero-order valence-corrected chi connectivity index (χ0v) is 17.2. The van der Waals surface area contributed by atoms with Crippen molar-refractivity contribution in [2.45, 2.75) is 45.1 Å². The zero-order valence-electron chi connectivity index (χ0n) is 15.6. The van der Waals surface area contributed by atoms with E-state index in [1.54, 1.807) is 0 Å². The van der Waals surface area contributed by atoms with Crippen molar-refractivity contribution in [3.63, 3.8) is 0 Å². The molecule has 4 rings (SSSR count). The van der Waals surface area contributed by atoms with Crippen LogP contribution in [0.2, 0.25) is 0 Å². The fourth-order valence-electron chi connectivity index (χ4n) is 4.63. The molecule has 2 aliphatic rings. The number of fused-ring (bicyclic) bond motifs is 1. The van der Waals surface area contributed by atoms with E-state index in [1.807, 2.05) is 36.1 Å². The predicted molar refractivity (Wildman–Crippen MR) is 110 cm³/mol. The number of likely N-dealkylation sites (tertiary alicyclic amines) is 1. The zero-order chi connectivity index (χ0) is 19.0. The molecule has 2 atom stereocenters. The quantitative estimate of drug-likeness (QED) is 0.619. The molecule has 1 saturated heterocycles. The Morgan fingerprint density at radius 3 is 2.85 bits per heavy atom. The summed E-state index contributed by atoms with van der Waals surface area (Å²) in [5.74, 6) is 0.180. The maximum atomic E-state index is 13.4. The molecule has 27 heavy (non-hydrogen) atoms. The average molecular weight is 426 g/mol. The average Bonchev–Trinajstić information content (AvgIpc) is 3.08. The highest BCUT2D eigenvalue weighted by Crippen LogP contribution is 2.43. The van der Waals surface area contributed by atoms with Crippen LogP contribution in [-0.2, 0) is 11.2 Å². The summed E-state index contributed by atoms with van der Waals surface area (Å²) >= 11 is 3.42. The molecule has 1 aliphatic heterocycles. The first-order chi connectivity index (χ1) is 13.0. The third-order valence-electron chi connectivity index (χ3n) is 6.08. The maximum Gasteiger partial charge on any atom is 0.229 e. The van der Waals surface area contributed by atoms with Crippen LogP contribution in [0.3, 0.4) is 0 Å². The second kappa shape index (κ2) is 7.23. The van der Waals surface area contributed by atoms with Gasteiger partial charge in [-0.05, 0) is 48.9 Å². The van der Waals surface area contributed by atoms with Crippen LogP contribution in [-0.4, -0.2) is 23.1 Å². The molecule has 2 aromatic carbocycles. The number of carbonyl (C=O) groups is 2. The number of piperidine rings is 1. The topological polar surface area (TPSA) is 37.4 Å². The summed E-state index contributed by atoms with van der Waals surface area (Å²) in [5, 5.41) is 0. The minimum atomic E-state index is -0.616. The van der Waals surface area contributed by atoms with Gasteiger partial charge in [-0.2, -0.15) is 0 Å². The number of ketones is 1. The van der Waals surface area contributed by atoms with Gasteiger partial charge >= 0.3 is 0 Å². The van der Waals surface area contributed by atoms with E-state index in [-0.39, 0.29) is 24.2 Å². The molecule has 3 nitrogen and oxygen atoms in total. The summed E-state index contributed by atoms with van der Waals surface area (Å²) in [6.07, 6.45) is 4.01. The highest BCUT2D eigenvalue weighted by Gasteiger charge is 2.44. The minimum absolute atomic E-state index is 0.0424. The van der Waals surface area contributed by atoms with Crippen LogP contribution in [0.4, 0.5) is 0 Å². The van der Waals surface area contributed by atoms with E-state index in [0.29, 0.717) is 5.56 Å². The molecule has 1 heterocycles. The lowest BCUT2D eigenvalue weighted by Gasteiger charge is -2.42. The van der Waals surface area contributed by atoms with Crippen LogP contribution in [0.5, 0.6) is 0 Å². The summed E-state index contributed by atoms with van der Waals surface area (Å²) in [5.41, 5.74) is 2.69. The fraction of sp³-hybridized carbons (Fsp3) is 0.391. The van der Waals surface area contributed by atoms with E-state index in [4.69, 9.17) is 0 Å². The van der Waals surface area contributed by atoms with Crippen molar-refractivity contribution in [1.29, 1.82) is 0 Å². The Bertz CT molecular complexity index is 893. The van der Waals surface area contributed by atoms with Crippen molar-refractivity contribution in [2.24, 2.45) is 5.41 Å². The minimum Gasteiger partial charge on any atom is -0.335 e. The molecule has 0 spiro atoms. The lowest BCUT2D eigenvalue weighted by atomic mass is 9.75. The molecule has 0 saturated carbocycles. The normalized spacial score (nSPS) is 24.7. The number of Topliss-reactive ketones (excluding diaryl/α,β-unsaturated/α-hetero) is 1. The standard InChI is InChI=1S/C23H24BrNO2/c1-23(15-21(26)17-7-4-8-18(24)14-17)12-5-13-25(22(23)27)20-11-10-16-6-2-3-9-19(16)20/h2-4,6-9,14,20H,5,10-13,15H2,1H3. The molecule has 1 aliphatic carbocycles. The van der Waals surface area contributed by atoms with Gasteiger partial charge in [0.2, 0.25) is 5.91 Å². The molecule has 2 aromatic rings. The lowest BCUT2D eigenvalue weighted by Crippen LogP contribution is -2.49. The van der Waals surface area contributed by atoms with E-state index < -0.39 is 5.41 Å². The number of rotatable bonds is 4. The molecule has 0 bridgehead atoms. The number of benzene rings is 2. The molecule has 0 N–H and O–H groups in total. The van der Waals surface area contributed by atoms with Crippen LogP contribution in [0.25, 0.3) is 0 Å². The van der Waals surface area contributed by atoms with Crippen molar-refractivity contribution < 1.29 is 9.59 Å². The number of halogens is 1. The van der Waals surface area contributed by atoms with Crippen molar-refractivity contribution in [2.75, 3.05) is 6.54 Å². The third kappa shape index (κ3) is 3.47. The van der Waals surface area contributed by atoms with Gasteiger partial charge in [0.15, 0.2) is 5.78 Å². The van der Waals surface area contributed by atoms with Crippen LogP contribution in [0, 0.1) is 5.41 Å². The van der Waals surface area contributed by atoms with Crippen molar-refractivity contribution in [3.8, 4) is 0 Å². The van der Waals surface area contributed by atoms with Crippen molar-refractivity contribution >= 4 is 27.6 Å². The van der Waals surface area contributed by atoms with E-state index in [1.165, 1.54) is 11.1 Å². The van der Waals surface area contributed by atoms with E-state index in [9.17, 15) is 9.59 Å². The Labute approximate surface area is 168 Å². The first kappa shape index (κ1) is 18.4. The molecule has 140 valence electrons. The molecule has 0 radical (unpaired) electrons. The summed E-state index contributed by atoms with van der Waals surface area (Å²) < 4.78 is 0.887. The Morgan fingerprint density at radius 2 is 2.04 bits per heavy atom. The fourth-order valence-corrected chi connectivity index (χ4v) is 5.03. The number of aryl methyl sites for hydroxylation is 1. The van der Waals surface area contributed by atoms with Crippen molar-refractivity contribution in [1.82, 2.24) is 4.90 Å². The van der Waals surface area contributed by atoms with E-state index in [2.05, 4.69) is 40.2 Å². The van der Waals surface area contributed by atoms with Gasteiger partial charge in [-0.1, -0.05) is 59.3 Å². The maximum absolute atomic E-state index is 13.4. The highest BCUT2D eigenvalue weighted by molar-refractivity contribution is 9.10. The monoisotopic (exact) mass is 425 g/mol. The summed E-state index contributed by atoms with van der Waals surface area (Å²) in [6.45, 7) is 2.76. The summed E-state index contributed by atoms with van der Waals surface area (Å²) in [7, 11) is 0. The Hall–Kier alpha value is -1.94. The van der Waals surface area contributed by atoms with Gasteiger partial charge in [-0.3, -0.25) is 9.59 Å². The molecular formula is C23H24BrNO2. The molecule has 0 aromatic heterocycles. The second-order valence-corrected chi connectivity index (χ2v) is 8.94. The molecular weight excluding hydrogens is 402 g/mol. The van der Waals surface area contributed by atoms with Gasteiger partial charge in [-0.25, -0.2) is 0 Å². The first-order valence-corrected chi connectivity index (χ1v) is 10.4. The van der Waals surface area contributed by atoms with Gasteiger partial charge in [0, 0.05) is 23.0 Å². The lowest BCUT2D eigenvalue weighted by molar-refractivity contribution is -0.148. The van der Waals surface area contributed by atoms with Crippen LogP contribution in [0.1, 0.15) is 60.1 Å². The highest BCUT2D eigenvalue weighted by atomic mass is 79.9. The number of amides is 1. The molecule has 1 fully saturated rings. The number of nitrogens with zero attached hydrogens (tertiary/aromatic N) is 1. The first-order valence-electron chi connectivity index (χ1n) is 9.66. The van der Waals surface area contributed by atoms with Crippen molar-refractivity contribution in [3.05, 3.63) is 69.7 Å². The predicted octanol–water partition coefficient (Wildman–Crippen LogP) is 5.34. The van der Waals surface area contributed by atoms with E-state index in [0.717, 1.165) is 36.7 Å². The van der Waals surface area contributed by atoms with Gasteiger partial charge in [0.05, 0.1) is 11.5 Å². The van der Waals surface area contributed by atoms with Gasteiger partial charge < -0.3 is 4.90 Å². The number of carbonyl (C=O) groups excluding carboxylic acids is 2. The summed E-state index contributed by atoms with van der Waals surface area (Å²) in [6, 6.07) is 16.0. The van der Waals surface area contributed by atoms with Gasteiger partial charge in [-0.15, -0.1) is 0 Å². The Balaban J connectivity index is 1.55. The van der Waals surface area contributed by atoms with Crippen LogP contribution < -0.4 is 0 Å². The second-order valence-electron chi connectivity index (χ2n) is 8.03. The molecule has 2 unspecified atom stereocenters. The molecule has 4 heteroatoms. The van der Waals surface area contributed by atoms with E-state index >= 15 is 0 Å². The smallest absolute Gasteiger partial charge is 0.229 e. The SMILES string of the molecule is CC1(CC(=O)c2cccc(Br)c2)CCCN(C2CCc3ccccc32)C1=O. The number of hydrogen-bond acceptors (Lipinski definition) is 2. The Morgan fingerprint density at radius 1 is 1.22 bits per heavy atom. The number of hydrogen-bond donors (Lipinski definition) is 0. The third-order valence-corrected chi connectivity index (χ3v) is 6.57. The van der Waals surface area contributed by atoms with Crippen LogP contribution >= 0.6 is 15.9 Å². The van der Waals surface area contributed by atoms with Crippen LogP contribution in [0.15, 0.2) is 53.0 Å². The Kier molecular flexibility index (Phi) is 4.94. The summed E-state index contributed by atoms with van der Waals surface area (Å²) in [4.78, 5) is 28.3. The van der Waals surface area contributed by atoms with Gasteiger partial charge in [0.1, 0.15) is 0 Å².